The Kier molecular flexibility index (Phi) is 4.81. The molecule has 0 aliphatic heterocycles. The second kappa shape index (κ2) is 6.25. The van der Waals surface area contributed by atoms with Gasteiger partial charge in [-0.25, -0.2) is 0 Å². The highest BCUT2D eigenvalue weighted by Gasteiger charge is 2.31. The number of alkyl halides is 3. The fraction of sp³-hybridized carbons (Fsp3) is 0.143. The molecule has 0 amide bonds. The van der Waals surface area contributed by atoms with Crippen molar-refractivity contribution in [1.29, 1.82) is 0 Å². The highest BCUT2D eigenvalue weighted by molar-refractivity contribution is 9.10. The molecule has 2 rings (SSSR count). The van der Waals surface area contributed by atoms with Gasteiger partial charge in [-0.05, 0) is 45.3 Å². The molecule has 0 saturated carbocycles. The minimum absolute atomic E-state index is 0.318. The Balaban J connectivity index is 2.33. The van der Waals surface area contributed by atoms with Gasteiger partial charge in [-0.1, -0.05) is 35.9 Å². The fourth-order valence-corrected chi connectivity index (χ4v) is 2.47. The SMILES string of the molecule is NC(c1cccc(OC(F)(F)F)c1)c1cccc(Br)c1Cl. The van der Waals surface area contributed by atoms with Crippen LogP contribution in [0.5, 0.6) is 5.75 Å². The summed E-state index contributed by atoms with van der Waals surface area (Å²) in [5.41, 5.74) is 7.15. The normalized spacial score (nSPS) is 13.0. The van der Waals surface area contributed by atoms with E-state index in [2.05, 4.69) is 20.7 Å². The lowest BCUT2D eigenvalue weighted by Gasteiger charge is -2.16. The third kappa shape index (κ3) is 4.12. The van der Waals surface area contributed by atoms with Crippen LogP contribution in [0.1, 0.15) is 17.2 Å². The molecule has 0 bridgehead atoms. The van der Waals surface area contributed by atoms with E-state index in [1.165, 1.54) is 18.2 Å². The van der Waals surface area contributed by atoms with Crippen LogP contribution >= 0.6 is 27.5 Å². The number of hydrogen-bond acceptors (Lipinski definition) is 2. The second-order valence-corrected chi connectivity index (χ2v) is 5.47. The molecule has 0 aromatic heterocycles. The predicted octanol–water partition coefficient (Wildman–Crippen LogP) is 5.05. The molecule has 0 aliphatic rings. The molecule has 0 aliphatic carbocycles. The van der Waals surface area contributed by atoms with Gasteiger partial charge in [0.1, 0.15) is 5.75 Å². The van der Waals surface area contributed by atoms with Gasteiger partial charge in [0, 0.05) is 4.47 Å². The average molecular weight is 381 g/mol. The molecule has 0 spiro atoms. The molecule has 2 aromatic rings. The van der Waals surface area contributed by atoms with E-state index >= 15 is 0 Å². The van der Waals surface area contributed by atoms with Crippen LogP contribution in [-0.2, 0) is 0 Å². The van der Waals surface area contributed by atoms with Crippen molar-refractivity contribution in [3.05, 3.63) is 63.1 Å². The first-order chi connectivity index (χ1) is 9.78. The Morgan fingerprint density at radius 3 is 2.48 bits per heavy atom. The van der Waals surface area contributed by atoms with Gasteiger partial charge in [0.05, 0.1) is 11.1 Å². The Labute approximate surface area is 132 Å². The number of halogens is 5. The predicted molar refractivity (Wildman–Crippen MR) is 78.3 cm³/mol. The summed E-state index contributed by atoms with van der Waals surface area (Å²) in [6.07, 6.45) is -4.74. The molecule has 2 nitrogen and oxygen atoms in total. The smallest absolute Gasteiger partial charge is 0.406 e. The maximum absolute atomic E-state index is 12.2. The minimum atomic E-state index is -4.74. The van der Waals surface area contributed by atoms with E-state index in [0.29, 0.717) is 20.6 Å². The van der Waals surface area contributed by atoms with E-state index in [9.17, 15) is 13.2 Å². The zero-order chi connectivity index (χ0) is 15.6. The van der Waals surface area contributed by atoms with Crippen LogP contribution in [0.25, 0.3) is 0 Å². The largest absolute Gasteiger partial charge is 0.573 e. The summed E-state index contributed by atoms with van der Waals surface area (Å²) in [5.74, 6) is -0.318. The topological polar surface area (TPSA) is 35.2 Å². The van der Waals surface area contributed by atoms with Crippen LogP contribution in [0.15, 0.2) is 46.9 Å². The van der Waals surface area contributed by atoms with E-state index in [0.717, 1.165) is 0 Å². The molecule has 0 radical (unpaired) electrons. The van der Waals surface area contributed by atoms with Gasteiger partial charge in [0.2, 0.25) is 0 Å². The summed E-state index contributed by atoms with van der Waals surface area (Å²) >= 11 is 9.43. The third-order valence-electron chi connectivity index (χ3n) is 2.77. The van der Waals surface area contributed by atoms with Crippen molar-refractivity contribution >= 4 is 27.5 Å². The first kappa shape index (κ1) is 16.1. The summed E-state index contributed by atoms with van der Waals surface area (Å²) in [7, 11) is 0. The number of benzene rings is 2. The molecule has 1 atom stereocenters. The zero-order valence-corrected chi connectivity index (χ0v) is 12.8. The van der Waals surface area contributed by atoms with Crippen LogP contribution in [0.3, 0.4) is 0 Å². The maximum Gasteiger partial charge on any atom is 0.573 e. The zero-order valence-electron chi connectivity index (χ0n) is 10.5. The van der Waals surface area contributed by atoms with Crippen molar-refractivity contribution in [1.82, 2.24) is 0 Å². The van der Waals surface area contributed by atoms with Crippen molar-refractivity contribution in [3.63, 3.8) is 0 Å². The van der Waals surface area contributed by atoms with E-state index in [1.54, 1.807) is 24.3 Å². The maximum atomic E-state index is 12.2. The third-order valence-corrected chi connectivity index (χ3v) is 4.08. The minimum Gasteiger partial charge on any atom is -0.406 e. The van der Waals surface area contributed by atoms with Crippen molar-refractivity contribution < 1.29 is 17.9 Å². The number of rotatable bonds is 3. The van der Waals surface area contributed by atoms with Gasteiger partial charge in [0.15, 0.2) is 0 Å². The van der Waals surface area contributed by atoms with Gasteiger partial charge in [-0.3, -0.25) is 0 Å². The summed E-state index contributed by atoms with van der Waals surface area (Å²) in [6, 6.07) is 10.1. The molecule has 0 saturated heterocycles. The van der Waals surface area contributed by atoms with E-state index in [4.69, 9.17) is 17.3 Å². The van der Waals surface area contributed by atoms with Crippen molar-refractivity contribution in [3.8, 4) is 5.75 Å². The van der Waals surface area contributed by atoms with Gasteiger partial charge in [-0.2, -0.15) is 0 Å². The van der Waals surface area contributed by atoms with Crippen LogP contribution in [-0.4, -0.2) is 6.36 Å². The van der Waals surface area contributed by atoms with Crippen molar-refractivity contribution in [2.24, 2.45) is 5.73 Å². The Morgan fingerprint density at radius 1 is 1.14 bits per heavy atom. The van der Waals surface area contributed by atoms with E-state index in [1.807, 2.05) is 0 Å². The highest BCUT2D eigenvalue weighted by atomic mass is 79.9. The molecule has 21 heavy (non-hydrogen) atoms. The molecule has 2 N–H and O–H groups in total. The highest BCUT2D eigenvalue weighted by Crippen LogP contribution is 2.33. The summed E-state index contributed by atoms with van der Waals surface area (Å²) in [6.45, 7) is 0. The summed E-state index contributed by atoms with van der Waals surface area (Å²) < 4.78 is 41.3. The second-order valence-electron chi connectivity index (χ2n) is 4.24. The average Bonchev–Trinajstić information content (AvgIpc) is 2.39. The monoisotopic (exact) mass is 379 g/mol. The molecule has 0 fully saturated rings. The first-order valence-corrected chi connectivity index (χ1v) is 7.00. The number of ether oxygens (including phenoxy) is 1. The molecular formula is C14H10BrClF3NO. The van der Waals surface area contributed by atoms with Gasteiger partial charge in [-0.15, -0.1) is 13.2 Å². The van der Waals surface area contributed by atoms with Crippen molar-refractivity contribution in [2.45, 2.75) is 12.4 Å². The van der Waals surface area contributed by atoms with Crippen LogP contribution < -0.4 is 10.5 Å². The molecular weight excluding hydrogens is 371 g/mol. The lowest BCUT2D eigenvalue weighted by Crippen LogP contribution is -2.18. The number of nitrogens with two attached hydrogens (primary N) is 1. The molecule has 2 aromatic carbocycles. The van der Waals surface area contributed by atoms with Crippen LogP contribution in [0.4, 0.5) is 13.2 Å². The first-order valence-electron chi connectivity index (χ1n) is 5.83. The summed E-state index contributed by atoms with van der Waals surface area (Å²) in [4.78, 5) is 0. The Bertz CT molecular complexity index is 648. The lowest BCUT2D eigenvalue weighted by molar-refractivity contribution is -0.274. The summed E-state index contributed by atoms with van der Waals surface area (Å²) in [5, 5.41) is 0.423. The molecule has 1 unspecified atom stereocenters. The van der Waals surface area contributed by atoms with Crippen LogP contribution in [0, 0.1) is 0 Å². The quantitative estimate of drug-likeness (QED) is 0.809. The van der Waals surface area contributed by atoms with E-state index < -0.39 is 12.4 Å². The standard InChI is InChI=1S/C14H10BrClF3NO/c15-11-6-2-5-10(12(11)16)13(20)8-3-1-4-9(7-8)21-14(17,18)19/h1-7,13H,20H2. The Hall–Kier alpha value is -1.24. The van der Waals surface area contributed by atoms with Gasteiger partial charge < -0.3 is 10.5 Å². The van der Waals surface area contributed by atoms with Crippen molar-refractivity contribution in [2.75, 3.05) is 0 Å². The van der Waals surface area contributed by atoms with E-state index in [-0.39, 0.29) is 5.75 Å². The van der Waals surface area contributed by atoms with Gasteiger partial charge >= 0.3 is 6.36 Å². The fourth-order valence-electron chi connectivity index (χ4n) is 1.85. The lowest BCUT2D eigenvalue weighted by atomic mass is 9.99. The number of hydrogen-bond donors (Lipinski definition) is 1. The Morgan fingerprint density at radius 2 is 1.81 bits per heavy atom. The molecule has 0 heterocycles. The molecule has 112 valence electrons. The molecule has 7 heteroatoms. The van der Waals surface area contributed by atoms with Gasteiger partial charge in [0.25, 0.3) is 0 Å². The van der Waals surface area contributed by atoms with Crippen LogP contribution in [0.2, 0.25) is 5.02 Å².